The molecule has 0 saturated carbocycles. The number of aliphatic hydroxyl groups is 1. The Morgan fingerprint density at radius 2 is 2.31 bits per heavy atom. The van der Waals surface area contributed by atoms with Crippen LogP contribution in [-0.2, 0) is 9.53 Å². The van der Waals surface area contributed by atoms with E-state index in [0.29, 0.717) is 5.75 Å². The van der Waals surface area contributed by atoms with E-state index in [0.717, 1.165) is 11.8 Å². The molecule has 2 atom stereocenters. The SMILES string of the molecule is CCOC(=O)C(F)SCC(C)CO. The predicted octanol–water partition coefficient (Wildman–Crippen LogP) is 1.21. The van der Waals surface area contributed by atoms with E-state index in [4.69, 9.17) is 5.11 Å². The van der Waals surface area contributed by atoms with Crippen molar-refractivity contribution in [3.05, 3.63) is 0 Å². The Morgan fingerprint density at radius 1 is 1.69 bits per heavy atom. The van der Waals surface area contributed by atoms with Crippen molar-refractivity contribution in [2.24, 2.45) is 5.92 Å². The Kier molecular flexibility index (Phi) is 6.99. The molecule has 0 aromatic rings. The standard InChI is InChI=1S/C8H15FO3S/c1-3-12-8(11)7(9)13-5-6(2)4-10/h6-7,10H,3-5H2,1-2H3. The van der Waals surface area contributed by atoms with Gasteiger partial charge in [0.2, 0.25) is 5.50 Å². The minimum atomic E-state index is -1.63. The molecule has 0 aliphatic rings. The van der Waals surface area contributed by atoms with Crippen LogP contribution >= 0.6 is 11.8 Å². The smallest absolute Gasteiger partial charge is 0.351 e. The molecule has 0 aromatic heterocycles. The second-order valence-corrected chi connectivity index (χ2v) is 3.77. The van der Waals surface area contributed by atoms with Crippen molar-refractivity contribution in [2.45, 2.75) is 19.4 Å². The maximum Gasteiger partial charge on any atom is 0.351 e. The number of aliphatic hydroxyl groups excluding tert-OH is 1. The Bertz CT molecular complexity index is 154. The highest BCUT2D eigenvalue weighted by atomic mass is 32.2. The molecule has 1 N–H and O–H groups in total. The third kappa shape index (κ3) is 5.87. The summed E-state index contributed by atoms with van der Waals surface area (Å²) in [6, 6.07) is 0. The molecule has 0 saturated heterocycles. The van der Waals surface area contributed by atoms with Gasteiger partial charge < -0.3 is 9.84 Å². The normalized spacial score (nSPS) is 15.1. The molecule has 0 heterocycles. The molecule has 2 unspecified atom stereocenters. The average molecular weight is 210 g/mol. The molecule has 3 nitrogen and oxygen atoms in total. The summed E-state index contributed by atoms with van der Waals surface area (Å²) < 4.78 is 17.4. The zero-order chi connectivity index (χ0) is 10.3. The van der Waals surface area contributed by atoms with Crippen molar-refractivity contribution < 1.29 is 19.0 Å². The van der Waals surface area contributed by atoms with Crippen molar-refractivity contribution in [2.75, 3.05) is 19.0 Å². The van der Waals surface area contributed by atoms with Crippen LogP contribution in [0.1, 0.15) is 13.8 Å². The molecule has 0 fully saturated rings. The fourth-order valence-electron chi connectivity index (χ4n) is 0.577. The molecule has 0 bridgehead atoms. The fourth-order valence-corrected chi connectivity index (χ4v) is 1.38. The monoisotopic (exact) mass is 210 g/mol. The molecule has 78 valence electrons. The van der Waals surface area contributed by atoms with Gasteiger partial charge in [0.15, 0.2) is 0 Å². The maximum atomic E-state index is 12.9. The first kappa shape index (κ1) is 12.7. The van der Waals surface area contributed by atoms with Crippen LogP contribution in [0.15, 0.2) is 0 Å². The quantitative estimate of drug-likeness (QED) is 0.669. The van der Waals surface area contributed by atoms with Gasteiger partial charge in [-0.25, -0.2) is 9.18 Å². The van der Waals surface area contributed by atoms with Crippen LogP contribution in [0, 0.1) is 5.92 Å². The molecule has 0 rings (SSSR count). The van der Waals surface area contributed by atoms with E-state index in [2.05, 4.69) is 4.74 Å². The zero-order valence-corrected chi connectivity index (χ0v) is 8.64. The molecule has 0 aliphatic carbocycles. The number of alkyl halides is 1. The van der Waals surface area contributed by atoms with Gasteiger partial charge in [-0.2, -0.15) is 0 Å². The van der Waals surface area contributed by atoms with Gasteiger partial charge in [0.1, 0.15) is 0 Å². The number of carbonyl (C=O) groups is 1. The summed E-state index contributed by atoms with van der Waals surface area (Å²) in [6.07, 6.45) is 0. The second kappa shape index (κ2) is 7.15. The van der Waals surface area contributed by atoms with E-state index in [9.17, 15) is 9.18 Å². The predicted molar refractivity (Wildman–Crippen MR) is 50.2 cm³/mol. The van der Waals surface area contributed by atoms with E-state index >= 15 is 0 Å². The van der Waals surface area contributed by atoms with Gasteiger partial charge in [0.25, 0.3) is 0 Å². The number of carbonyl (C=O) groups excluding carboxylic acids is 1. The summed E-state index contributed by atoms with van der Waals surface area (Å²) in [4.78, 5) is 10.8. The number of hydrogen-bond acceptors (Lipinski definition) is 4. The van der Waals surface area contributed by atoms with Crippen molar-refractivity contribution in [1.29, 1.82) is 0 Å². The number of thioether (sulfide) groups is 1. The third-order valence-corrected chi connectivity index (χ3v) is 2.56. The van der Waals surface area contributed by atoms with E-state index in [-0.39, 0.29) is 19.1 Å². The third-order valence-electron chi connectivity index (χ3n) is 1.31. The Balaban J connectivity index is 3.60. The maximum absolute atomic E-state index is 12.9. The average Bonchev–Trinajstić information content (AvgIpc) is 2.13. The first-order valence-electron chi connectivity index (χ1n) is 4.15. The van der Waals surface area contributed by atoms with Gasteiger partial charge in [-0.15, -0.1) is 11.8 Å². The molecule has 0 amide bonds. The largest absolute Gasteiger partial charge is 0.463 e. The van der Waals surface area contributed by atoms with Gasteiger partial charge in [0.05, 0.1) is 6.61 Å². The summed E-state index contributed by atoms with van der Waals surface area (Å²) >= 11 is 0.856. The lowest BCUT2D eigenvalue weighted by atomic mass is 10.2. The number of esters is 1. The molecule has 0 aliphatic heterocycles. The molecule has 0 aromatic carbocycles. The van der Waals surface area contributed by atoms with Crippen molar-refractivity contribution in [3.63, 3.8) is 0 Å². The second-order valence-electron chi connectivity index (χ2n) is 2.69. The summed E-state index contributed by atoms with van der Waals surface area (Å²) in [5.41, 5.74) is -1.63. The van der Waals surface area contributed by atoms with E-state index in [1.807, 2.05) is 0 Å². The van der Waals surface area contributed by atoms with Crippen LogP contribution in [0.5, 0.6) is 0 Å². The van der Waals surface area contributed by atoms with Gasteiger partial charge in [-0.3, -0.25) is 0 Å². The number of halogens is 1. The Labute approximate surface area is 81.7 Å². The molecular formula is C8H15FO3S. The first-order chi connectivity index (χ1) is 6.11. The van der Waals surface area contributed by atoms with Crippen LogP contribution in [-0.4, -0.2) is 35.5 Å². The minimum Gasteiger partial charge on any atom is -0.463 e. The lowest BCUT2D eigenvalue weighted by molar-refractivity contribution is -0.145. The molecular weight excluding hydrogens is 195 g/mol. The molecule has 5 heteroatoms. The van der Waals surface area contributed by atoms with Gasteiger partial charge in [-0.1, -0.05) is 6.92 Å². The van der Waals surface area contributed by atoms with E-state index in [1.54, 1.807) is 13.8 Å². The Morgan fingerprint density at radius 3 is 2.77 bits per heavy atom. The number of ether oxygens (including phenoxy) is 1. The Hall–Kier alpha value is -0.290. The fraction of sp³-hybridized carbons (Fsp3) is 0.875. The van der Waals surface area contributed by atoms with Gasteiger partial charge in [-0.05, 0) is 12.8 Å². The first-order valence-corrected chi connectivity index (χ1v) is 5.19. The van der Waals surface area contributed by atoms with Crippen LogP contribution < -0.4 is 0 Å². The highest BCUT2D eigenvalue weighted by Gasteiger charge is 2.19. The minimum absolute atomic E-state index is 0.00215. The van der Waals surface area contributed by atoms with Crippen LogP contribution in [0.25, 0.3) is 0 Å². The van der Waals surface area contributed by atoms with Crippen LogP contribution in [0.2, 0.25) is 0 Å². The van der Waals surface area contributed by atoms with Crippen LogP contribution in [0.4, 0.5) is 4.39 Å². The lowest BCUT2D eigenvalue weighted by Crippen LogP contribution is -2.17. The summed E-state index contributed by atoms with van der Waals surface area (Å²) in [5, 5.41) is 8.64. The summed E-state index contributed by atoms with van der Waals surface area (Å²) in [5.74, 6) is -0.424. The molecule has 0 radical (unpaired) electrons. The number of rotatable bonds is 6. The summed E-state index contributed by atoms with van der Waals surface area (Å²) in [6.45, 7) is 3.61. The van der Waals surface area contributed by atoms with Crippen molar-refractivity contribution >= 4 is 17.7 Å². The number of hydrogen-bond donors (Lipinski definition) is 1. The van der Waals surface area contributed by atoms with Crippen molar-refractivity contribution in [3.8, 4) is 0 Å². The highest BCUT2D eigenvalue weighted by Crippen LogP contribution is 2.17. The zero-order valence-electron chi connectivity index (χ0n) is 7.83. The molecule has 13 heavy (non-hydrogen) atoms. The summed E-state index contributed by atoms with van der Waals surface area (Å²) in [7, 11) is 0. The van der Waals surface area contributed by atoms with E-state index < -0.39 is 11.5 Å². The van der Waals surface area contributed by atoms with Crippen LogP contribution in [0.3, 0.4) is 0 Å². The van der Waals surface area contributed by atoms with E-state index in [1.165, 1.54) is 0 Å². The van der Waals surface area contributed by atoms with Crippen molar-refractivity contribution in [1.82, 2.24) is 0 Å². The van der Waals surface area contributed by atoms with Gasteiger partial charge in [0, 0.05) is 12.4 Å². The lowest BCUT2D eigenvalue weighted by Gasteiger charge is -2.09. The molecule has 0 spiro atoms. The van der Waals surface area contributed by atoms with Gasteiger partial charge >= 0.3 is 5.97 Å². The highest BCUT2D eigenvalue weighted by molar-refractivity contribution is 8.00. The topological polar surface area (TPSA) is 46.5 Å².